The second-order valence-corrected chi connectivity index (χ2v) is 2.26. The third kappa shape index (κ3) is 0.902. The highest BCUT2D eigenvalue weighted by Gasteiger charge is 1.95. The summed E-state index contributed by atoms with van der Waals surface area (Å²) in [6, 6.07) is 5.36. The Morgan fingerprint density at radius 1 is 1.36 bits per heavy atom. The van der Waals surface area contributed by atoms with E-state index in [9.17, 15) is 4.79 Å². The summed E-state index contributed by atoms with van der Waals surface area (Å²) >= 11 is 0. The van der Waals surface area contributed by atoms with Gasteiger partial charge in [0.15, 0.2) is 6.29 Å². The highest BCUT2D eigenvalue weighted by molar-refractivity contribution is 5.80. The van der Waals surface area contributed by atoms with Crippen LogP contribution in [0.15, 0.2) is 24.4 Å². The molecule has 2 aromatic rings. The summed E-state index contributed by atoms with van der Waals surface area (Å²) in [5.74, 6) is 0. The molecule has 0 radical (unpaired) electrons. The second kappa shape index (κ2) is 2.20. The third-order valence-corrected chi connectivity index (χ3v) is 1.55. The van der Waals surface area contributed by atoms with Gasteiger partial charge >= 0.3 is 0 Å². The Morgan fingerprint density at radius 3 is 3.09 bits per heavy atom. The van der Waals surface area contributed by atoms with Crippen molar-refractivity contribution in [3.05, 3.63) is 30.1 Å². The highest BCUT2D eigenvalue weighted by Crippen LogP contribution is 2.08. The van der Waals surface area contributed by atoms with Crippen molar-refractivity contribution in [3.8, 4) is 0 Å². The molecule has 0 bridgehead atoms. The molecule has 3 nitrogen and oxygen atoms in total. The number of aromatic nitrogens is 2. The maximum absolute atomic E-state index is 10.3. The van der Waals surface area contributed by atoms with Gasteiger partial charge in [-0.05, 0) is 18.2 Å². The Kier molecular flexibility index (Phi) is 1.22. The molecule has 3 heteroatoms. The van der Waals surface area contributed by atoms with Crippen LogP contribution in [0, 0.1) is 0 Å². The monoisotopic (exact) mass is 146 g/mol. The third-order valence-electron chi connectivity index (χ3n) is 1.55. The maximum atomic E-state index is 10.3. The Morgan fingerprint density at radius 2 is 2.27 bits per heavy atom. The van der Waals surface area contributed by atoms with Crippen molar-refractivity contribution in [2.45, 2.75) is 0 Å². The number of hydrogen-bond donors (Lipinski definition) is 1. The van der Waals surface area contributed by atoms with E-state index in [1.807, 2.05) is 12.1 Å². The summed E-state index contributed by atoms with van der Waals surface area (Å²) in [6.45, 7) is 0. The number of H-pyrrole nitrogens is 1. The van der Waals surface area contributed by atoms with Crippen LogP contribution in [0.2, 0.25) is 0 Å². The Hall–Kier alpha value is -1.64. The summed E-state index contributed by atoms with van der Waals surface area (Å²) in [5.41, 5.74) is 2.25. The number of rotatable bonds is 1. The van der Waals surface area contributed by atoms with Crippen LogP contribution in [0.4, 0.5) is 0 Å². The van der Waals surface area contributed by atoms with Crippen LogP contribution >= 0.6 is 0 Å². The molecule has 0 aliphatic carbocycles. The molecule has 0 unspecified atom stereocenters. The van der Waals surface area contributed by atoms with Crippen molar-refractivity contribution in [1.82, 2.24) is 9.97 Å². The number of aromatic amines is 1. The SMILES string of the molecule is O=Cc1ccc2[nH]ccc2n1. The summed E-state index contributed by atoms with van der Waals surface area (Å²) in [5, 5.41) is 0. The zero-order valence-corrected chi connectivity index (χ0v) is 5.74. The lowest BCUT2D eigenvalue weighted by Crippen LogP contribution is -1.84. The lowest BCUT2D eigenvalue weighted by Gasteiger charge is -1.89. The minimum absolute atomic E-state index is 0.470. The largest absolute Gasteiger partial charge is 0.360 e. The minimum Gasteiger partial charge on any atom is -0.360 e. The van der Waals surface area contributed by atoms with E-state index in [-0.39, 0.29) is 0 Å². The van der Waals surface area contributed by atoms with E-state index in [1.165, 1.54) is 0 Å². The zero-order valence-electron chi connectivity index (χ0n) is 5.74. The molecule has 0 amide bonds. The summed E-state index contributed by atoms with van der Waals surface area (Å²) in [7, 11) is 0. The molecule has 2 rings (SSSR count). The highest BCUT2D eigenvalue weighted by atomic mass is 16.1. The van der Waals surface area contributed by atoms with Crippen LogP contribution in [-0.2, 0) is 0 Å². The lowest BCUT2D eigenvalue weighted by molar-refractivity contribution is 0.111. The molecular weight excluding hydrogens is 140 g/mol. The molecule has 0 aliphatic heterocycles. The van der Waals surface area contributed by atoms with Gasteiger partial charge in [-0.1, -0.05) is 0 Å². The van der Waals surface area contributed by atoms with Gasteiger partial charge in [0.05, 0.1) is 11.0 Å². The Labute approximate surface area is 63.1 Å². The van der Waals surface area contributed by atoms with Gasteiger partial charge in [0.25, 0.3) is 0 Å². The molecule has 0 saturated carbocycles. The molecule has 2 heterocycles. The smallest absolute Gasteiger partial charge is 0.168 e. The fourth-order valence-electron chi connectivity index (χ4n) is 1.02. The van der Waals surface area contributed by atoms with Crippen LogP contribution in [0.25, 0.3) is 11.0 Å². The predicted octanol–water partition coefficient (Wildman–Crippen LogP) is 1.38. The first-order chi connectivity index (χ1) is 5.40. The normalized spacial score (nSPS) is 10.2. The first-order valence-corrected chi connectivity index (χ1v) is 3.29. The van der Waals surface area contributed by atoms with Gasteiger partial charge in [0, 0.05) is 6.20 Å². The first-order valence-electron chi connectivity index (χ1n) is 3.29. The molecule has 0 spiro atoms. The molecule has 0 aromatic carbocycles. The van der Waals surface area contributed by atoms with Crippen LogP contribution < -0.4 is 0 Å². The number of fused-ring (bicyclic) bond motifs is 1. The number of pyridine rings is 1. The topological polar surface area (TPSA) is 45.8 Å². The summed E-state index contributed by atoms with van der Waals surface area (Å²) in [4.78, 5) is 17.3. The second-order valence-electron chi connectivity index (χ2n) is 2.26. The predicted molar refractivity (Wildman–Crippen MR) is 41.5 cm³/mol. The molecular formula is C8H6N2O. The number of aldehydes is 1. The van der Waals surface area contributed by atoms with Crippen LogP contribution in [-0.4, -0.2) is 16.3 Å². The van der Waals surface area contributed by atoms with Gasteiger partial charge in [-0.25, -0.2) is 4.98 Å². The van der Waals surface area contributed by atoms with E-state index in [0.29, 0.717) is 5.69 Å². The summed E-state index contributed by atoms with van der Waals surface area (Å²) in [6.07, 6.45) is 2.54. The standard InChI is InChI=1S/C8H6N2O/c11-5-6-1-2-7-8(10-6)3-4-9-7/h1-5,9H. The van der Waals surface area contributed by atoms with Gasteiger partial charge in [0.1, 0.15) is 5.69 Å². The number of nitrogens with one attached hydrogen (secondary N) is 1. The van der Waals surface area contributed by atoms with E-state index in [4.69, 9.17) is 0 Å². The molecule has 54 valence electrons. The maximum Gasteiger partial charge on any atom is 0.168 e. The number of nitrogens with zero attached hydrogens (tertiary/aromatic N) is 1. The van der Waals surface area contributed by atoms with Gasteiger partial charge in [-0.2, -0.15) is 0 Å². The molecule has 0 fully saturated rings. The van der Waals surface area contributed by atoms with Crippen molar-refractivity contribution in [2.75, 3.05) is 0 Å². The quantitative estimate of drug-likeness (QED) is 0.617. The number of carbonyl (C=O) groups excluding carboxylic acids is 1. The fraction of sp³-hybridized carbons (Fsp3) is 0. The van der Waals surface area contributed by atoms with Gasteiger partial charge in [-0.3, -0.25) is 4.79 Å². The van der Waals surface area contributed by atoms with E-state index in [1.54, 1.807) is 12.3 Å². The minimum atomic E-state index is 0.470. The first kappa shape index (κ1) is 6.09. The van der Waals surface area contributed by atoms with Crippen molar-refractivity contribution < 1.29 is 4.79 Å². The fourth-order valence-corrected chi connectivity index (χ4v) is 1.02. The van der Waals surface area contributed by atoms with Crippen molar-refractivity contribution in [1.29, 1.82) is 0 Å². The van der Waals surface area contributed by atoms with Crippen LogP contribution in [0.1, 0.15) is 10.5 Å². The van der Waals surface area contributed by atoms with E-state index >= 15 is 0 Å². The van der Waals surface area contributed by atoms with Crippen LogP contribution in [0.3, 0.4) is 0 Å². The summed E-state index contributed by atoms with van der Waals surface area (Å²) < 4.78 is 0. The average molecular weight is 146 g/mol. The Balaban J connectivity index is 2.76. The number of hydrogen-bond acceptors (Lipinski definition) is 2. The molecule has 11 heavy (non-hydrogen) atoms. The van der Waals surface area contributed by atoms with Crippen LogP contribution in [0.5, 0.6) is 0 Å². The van der Waals surface area contributed by atoms with Crippen molar-refractivity contribution in [3.63, 3.8) is 0 Å². The lowest BCUT2D eigenvalue weighted by atomic mass is 10.3. The molecule has 1 N–H and O–H groups in total. The average Bonchev–Trinajstić information content (AvgIpc) is 2.50. The van der Waals surface area contributed by atoms with Crippen molar-refractivity contribution in [2.24, 2.45) is 0 Å². The molecule has 2 aromatic heterocycles. The van der Waals surface area contributed by atoms with Gasteiger partial charge in [0.2, 0.25) is 0 Å². The molecule has 0 saturated heterocycles. The molecule has 0 aliphatic rings. The molecule has 0 atom stereocenters. The van der Waals surface area contributed by atoms with E-state index in [0.717, 1.165) is 17.3 Å². The van der Waals surface area contributed by atoms with Gasteiger partial charge < -0.3 is 4.98 Å². The Bertz CT molecular complexity index is 392. The van der Waals surface area contributed by atoms with Gasteiger partial charge in [-0.15, -0.1) is 0 Å². The van der Waals surface area contributed by atoms with E-state index < -0.39 is 0 Å². The number of carbonyl (C=O) groups is 1. The zero-order chi connectivity index (χ0) is 7.68. The van der Waals surface area contributed by atoms with Crippen molar-refractivity contribution >= 4 is 17.3 Å². The van der Waals surface area contributed by atoms with E-state index in [2.05, 4.69) is 9.97 Å².